The van der Waals surface area contributed by atoms with Gasteiger partial charge < -0.3 is 26.0 Å². The van der Waals surface area contributed by atoms with E-state index in [4.69, 9.17) is 20.9 Å². The van der Waals surface area contributed by atoms with E-state index in [1.807, 2.05) is 50.2 Å². The van der Waals surface area contributed by atoms with Gasteiger partial charge in [0.05, 0.1) is 49.4 Å². The van der Waals surface area contributed by atoms with Crippen LogP contribution in [0.1, 0.15) is 71.6 Å². The van der Waals surface area contributed by atoms with Crippen molar-refractivity contribution in [3.05, 3.63) is 95.6 Å². The van der Waals surface area contributed by atoms with Crippen LogP contribution in [0.15, 0.2) is 93.5 Å². The third kappa shape index (κ3) is 8.39. The quantitative estimate of drug-likeness (QED) is 0.0686. The van der Waals surface area contributed by atoms with E-state index < -0.39 is 17.9 Å². The van der Waals surface area contributed by atoms with Gasteiger partial charge in [-0.05, 0) is 49.9 Å². The van der Waals surface area contributed by atoms with Gasteiger partial charge in [-0.1, -0.05) is 63.1 Å². The molecule has 5 aromatic heterocycles. The van der Waals surface area contributed by atoms with Crippen LogP contribution in [0.5, 0.6) is 6.01 Å². The van der Waals surface area contributed by atoms with Gasteiger partial charge in [0.15, 0.2) is 34.6 Å². The second kappa shape index (κ2) is 18.2. The molecule has 0 amide bonds. The number of nitrogen functional groups attached to an aromatic ring is 2. The number of benzene rings is 2. The molecule has 22 nitrogen and oxygen atoms in total. The fourth-order valence-electron chi connectivity index (χ4n) is 6.12. The molecule has 7 rings (SSSR count). The third-order valence-corrected chi connectivity index (χ3v) is 9.23. The maximum atomic E-state index is 12.7. The van der Waals surface area contributed by atoms with Gasteiger partial charge in [-0.25, -0.2) is 19.0 Å². The summed E-state index contributed by atoms with van der Waals surface area (Å²) in [6.45, 7) is 4.04. The van der Waals surface area contributed by atoms with Gasteiger partial charge >= 0.3 is 17.9 Å². The normalized spacial score (nSPS) is 11.5. The summed E-state index contributed by atoms with van der Waals surface area (Å²) < 4.78 is 15.2. The third-order valence-electron chi connectivity index (χ3n) is 9.23. The Morgan fingerprint density at radius 2 is 1.03 bits per heavy atom. The molecule has 5 N–H and O–H groups in total. The number of azo groups is 2. The van der Waals surface area contributed by atoms with E-state index in [0.29, 0.717) is 35.6 Å². The minimum absolute atomic E-state index is 0.0280. The fourth-order valence-corrected chi connectivity index (χ4v) is 6.12. The van der Waals surface area contributed by atoms with Crippen molar-refractivity contribution in [1.29, 1.82) is 0 Å². The number of nitrogens with zero attached hydrogens (tertiary/aromatic N) is 15. The first-order valence-corrected chi connectivity index (χ1v) is 19.1. The summed E-state index contributed by atoms with van der Waals surface area (Å²) in [6, 6.07) is 17.5. The standard InChI is InChI=1S/C39H41N17O5/c1-5-7-19-27-29(47-49-33-25(35(57)60-3)21-42-53(33)23-15-11-9-12-16-23)31(40)55(51-27)37-44-38(46-39(59)45-37)56-32(41)30(28(52-56)20-8-6-2)48-50-34-26(36(58)61-4)22-43-54(34)24-17-13-10-14-18-24/h9-18,21-22H,5-8,19-20,40-41H2,1-4H3,(H,44,45,46,59)/b49-47+,50-48+. The van der Waals surface area contributed by atoms with Crippen LogP contribution in [0, 0.1) is 0 Å². The first-order valence-electron chi connectivity index (χ1n) is 19.1. The van der Waals surface area contributed by atoms with Gasteiger partial charge in [-0.3, -0.25) is 0 Å². The molecule has 0 bridgehead atoms. The average Bonchev–Trinajstić information content (AvgIpc) is 4.06. The predicted octanol–water partition coefficient (Wildman–Crippen LogP) is 6.57. The lowest BCUT2D eigenvalue weighted by Crippen LogP contribution is -2.13. The summed E-state index contributed by atoms with van der Waals surface area (Å²) in [5.74, 6) is -1.57. The lowest BCUT2D eigenvalue weighted by Gasteiger charge is -2.06. The number of methoxy groups -OCH3 is 2. The number of para-hydroxylation sites is 2. The lowest BCUT2D eigenvalue weighted by molar-refractivity contribution is 0.0592. The highest BCUT2D eigenvalue weighted by atomic mass is 16.5. The molecule has 0 saturated heterocycles. The van der Waals surface area contributed by atoms with E-state index in [-0.39, 0.29) is 57.7 Å². The van der Waals surface area contributed by atoms with Crippen LogP contribution in [0.3, 0.4) is 0 Å². The molecular formula is C39H41N17O5. The van der Waals surface area contributed by atoms with Crippen molar-refractivity contribution in [2.45, 2.75) is 52.4 Å². The number of aromatic hydroxyl groups is 1. The molecule has 22 heteroatoms. The molecule has 312 valence electrons. The zero-order valence-corrected chi connectivity index (χ0v) is 33.6. The van der Waals surface area contributed by atoms with Crippen LogP contribution in [0.2, 0.25) is 0 Å². The first-order chi connectivity index (χ1) is 29.7. The number of carbonyl (C=O) groups is 2. The highest BCUT2D eigenvalue weighted by Crippen LogP contribution is 2.36. The first kappa shape index (κ1) is 41.0. The molecule has 0 aliphatic heterocycles. The molecule has 5 heterocycles. The molecule has 0 aliphatic rings. The van der Waals surface area contributed by atoms with Crippen molar-refractivity contribution in [2.75, 3.05) is 25.7 Å². The van der Waals surface area contributed by atoms with Gasteiger partial charge in [0.25, 0.3) is 11.9 Å². The fraction of sp³-hybridized carbons (Fsp3) is 0.256. The summed E-state index contributed by atoms with van der Waals surface area (Å²) in [7, 11) is 2.51. The highest BCUT2D eigenvalue weighted by Gasteiger charge is 2.26. The smallest absolute Gasteiger partial charge is 0.343 e. The second-order valence-electron chi connectivity index (χ2n) is 13.3. The molecular weight excluding hydrogens is 787 g/mol. The monoisotopic (exact) mass is 827 g/mol. The average molecular weight is 828 g/mol. The maximum absolute atomic E-state index is 12.7. The van der Waals surface area contributed by atoms with E-state index in [9.17, 15) is 14.7 Å². The Morgan fingerprint density at radius 3 is 1.41 bits per heavy atom. The predicted molar refractivity (Wildman–Crippen MR) is 220 cm³/mol. The molecule has 0 fully saturated rings. The maximum Gasteiger partial charge on any atom is 0.343 e. The van der Waals surface area contributed by atoms with Crippen LogP contribution in [0.25, 0.3) is 23.3 Å². The zero-order chi connectivity index (χ0) is 43.0. The van der Waals surface area contributed by atoms with Crippen molar-refractivity contribution in [1.82, 2.24) is 54.1 Å². The van der Waals surface area contributed by atoms with Gasteiger partial charge in [-0.2, -0.15) is 44.7 Å². The Balaban J connectivity index is 1.30. The van der Waals surface area contributed by atoms with Crippen molar-refractivity contribution < 1.29 is 24.2 Å². The summed E-state index contributed by atoms with van der Waals surface area (Å²) >= 11 is 0. The molecule has 0 radical (unpaired) electrons. The molecule has 0 saturated carbocycles. The Labute approximate surface area is 347 Å². The van der Waals surface area contributed by atoms with E-state index in [2.05, 4.69) is 55.8 Å². The molecule has 0 aliphatic carbocycles. The van der Waals surface area contributed by atoms with Gasteiger partial charge in [0.1, 0.15) is 11.1 Å². The number of hydrogen-bond acceptors (Lipinski definition) is 18. The molecule has 2 aromatic carbocycles. The van der Waals surface area contributed by atoms with Crippen LogP contribution in [0.4, 0.5) is 34.6 Å². The number of ether oxygens (including phenoxy) is 2. The number of aromatic nitrogens is 11. The van der Waals surface area contributed by atoms with Crippen LogP contribution < -0.4 is 11.5 Å². The minimum Gasteiger partial charge on any atom is -0.479 e. The summed E-state index contributed by atoms with van der Waals surface area (Å²) in [5, 5.41) is 46.7. The van der Waals surface area contributed by atoms with Crippen LogP contribution >= 0.6 is 0 Å². The van der Waals surface area contributed by atoms with Crippen molar-refractivity contribution in [3.8, 4) is 29.3 Å². The van der Waals surface area contributed by atoms with Gasteiger partial charge in [0.2, 0.25) is 0 Å². The Hall–Kier alpha value is -8.17. The molecule has 0 spiro atoms. The molecule has 0 unspecified atom stereocenters. The number of rotatable bonds is 16. The largest absolute Gasteiger partial charge is 0.479 e. The van der Waals surface area contributed by atoms with E-state index in [1.165, 1.54) is 45.3 Å². The number of esters is 2. The van der Waals surface area contributed by atoms with E-state index in [1.54, 1.807) is 24.3 Å². The van der Waals surface area contributed by atoms with E-state index >= 15 is 0 Å². The second-order valence-corrected chi connectivity index (χ2v) is 13.3. The molecule has 7 aromatic rings. The Bertz CT molecular complexity index is 2550. The number of aryl methyl sites for hydroxylation is 2. The number of unbranched alkanes of at least 4 members (excludes halogenated alkanes) is 2. The van der Waals surface area contributed by atoms with Crippen LogP contribution in [-0.2, 0) is 22.3 Å². The lowest BCUT2D eigenvalue weighted by atomic mass is 10.2. The SMILES string of the molecule is CCCCc1nn(-c2nc(O)nc(-n3nc(CCCC)c(/N=N/c4c(C(=O)OC)cnn4-c4ccccc4)c3N)n2)c(N)c1/N=N/c1c(C(=O)OC)cnn1-c1ccccc1. The molecule has 0 atom stereocenters. The highest BCUT2D eigenvalue weighted by molar-refractivity contribution is 5.94. The van der Waals surface area contributed by atoms with Crippen molar-refractivity contribution in [2.24, 2.45) is 20.5 Å². The van der Waals surface area contributed by atoms with Gasteiger partial charge in [-0.15, -0.1) is 20.5 Å². The number of hydrogen-bond donors (Lipinski definition) is 3. The topological polar surface area (TPSA) is 284 Å². The van der Waals surface area contributed by atoms with Crippen molar-refractivity contribution >= 4 is 46.6 Å². The van der Waals surface area contributed by atoms with E-state index in [0.717, 1.165) is 25.7 Å². The summed E-state index contributed by atoms with van der Waals surface area (Å²) in [5.41, 5.74) is 16.0. The van der Waals surface area contributed by atoms with Gasteiger partial charge in [0, 0.05) is 0 Å². The molecule has 61 heavy (non-hydrogen) atoms. The minimum atomic E-state index is -0.690. The Morgan fingerprint density at radius 1 is 0.623 bits per heavy atom. The zero-order valence-electron chi connectivity index (χ0n) is 33.6. The number of nitrogens with two attached hydrogens (primary N) is 2. The number of carbonyl (C=O) groups excluding carboxylic acids is 2. The number of anilines is 2. The summed E-state index contributed by atoms with van der Waals surface area (Å²) in [4.78, 5) is 38.2. The van der Waals surface area contributed by atoms with Crippen molar-refractivity contribution in [3.63, 3.8) is 0 Å². The van der Waals surface area contributed by atoms with Crippen LogP contribution in [-0.4, -0.2) is 85.3 Å². The Kier molecular flexibility index (Phi) is 12.2. The summed E-state index contributed by atoms with van der Waals surface area (Å²) in [6.07, 6.45) is 6.65.